The van der Waals surface area contributed by atoms with Crippen LogP contribution in [-0.4, -0.2) is 6.61 Å². The molecule has 0 saturated carbocycles. The Morgan fingerprint density at radius 3 is 2.67 bits per heavy atom. The monoisotopic (exact) mass is 204 g/mol. The highest BCUT2D eigenvalue weighted by Gasteiger charge is 2.00. The summed E-state index contributed by atoms with van der Waals surface area (Å²) in [5, 5.41) is 1.19. The molecule has 1 aromatic carbocycles. The first-order valence-corrected chi connectivity index (χ1v) is 4.57. The van der Waals surface area contributed by atoms with Crippen LogP contribution in [0.3, 0.4) is 0 Å². The highest BCUT2D eigenvalue weighted by atomic mass is 35.5. The van der Waals surface area contributed by atoms with Crippen LogP contribution >= 0.6 is 23.2 Å². The predicted octanol–water partition coefficient (Wildman–Crippen LogP) is 3.78. The van der Waals surface area contributed by atoms with Crippen molar-refractivity contribution in [3.05, 3.63) is 28.2 Å². The summed E-state index contributed by atoms with van der Waals surface area (Å²) in [6.07, 6.45) is 0.971. The number of benzene rings is 1. The van der Waals surface area contributed by atoms with Gasteiger partial charge in [-0.05, 0) is 24.6 Å². The molecule has 0 fully saturated rings. The van der Waals surface area contributed by atoms with Gasteiger partial charge in [-0.2, -0.15) is 0 Å². The molecule has 1 rings (SSSR count). The molecule has 0 N–H and O–H groups in total. The van der Waals surface area contributed by atoms with E-state index in [0.29, 0.717) is 22.4 Å². The molecule has 0 aromatic heterocycles. The second kappa shape index (κ2) is 4.58. The Labute approximate surface area is 82.2 Å². The quantitative estimate of drug-likeness (QED) is 0.729. The second-order valence-corrected chi connectivity index (χ2v) is 3.27. The Balaban J connectivity index is 2.72. The molecule has 0 heterocycles. The average Bonchev–Trinajstić information content (AvgIpc) is 2.03. The van der Waals surface area contributed by atoms with Crippen LogP contribution in [-0.2, 0) is 0 Å². The Morgan fingerprint density at radius 2 is 2.08 bits per heavy atom. The summed E-state index contributed by atoms with van der Waals surface area (Å²) in [6.45, 7) is 2.73. The fraction of sp³-hybridized carbons (Fsp3) is 0.333. The lowest BCUT2D eigenvalue weighted by Crippen LogP contribution is -1.94. The van der Waals surface area contributed by atoms with Gasteiger partial charge in [0.2, 0.25) is 0 Å². The first-order valence-electron chi connectivity index (χ1n) is 3.82. The molecule has 0 unspecified atom stereocenters. The molecule has 0 aliphatic carbocycles. The van der Waals surface area contributed by atoms with Gasteiger partial charge in [-0.1, -0.05) is 30.1 Å². The lowest BCUT2D eigenvalue weighted by atomic mass is 10.3. The average molecular weight is 205 g/mol. The van der Waals surface area contributed by atoms with Gasteiger partial charge in [-0.3, -0.25) is 0 Å². The summed E-state index contributed by atoms with van der Waals surface area (Å²) in [4.78, 5) is 0. The lowest BCUT2D eigenvalue weighted by Gasteiger charge is -2.05. The first-order chi connectivity index (χ1) is 5.74. The molecular weight excluding hydrogens is 195 g/mol. The van der Waals surface area contributed by atoms with Crippen molar-refractivity contribution < 1.29 is 4.74 Å². The minimum Gasteiger partial charge on any atom is -0.492 e. The SMILES string of the molecule is CCCOc1ccc(Cl)cc1Cl. The van der Waals surface area contributed by atoms with Crippen LogP contribution in [0.2, 0.25) is 10.0 Å². The van der Waals surface area contributed by atoms with Gasteiger partial charge in [0.1, 0.15) is 5.75 Å². The van der Waals surface area contributed by atoms with Crippen LogP contribution in [0.4, 0.5) is 0 Å². The van der Waals surface area contributed by atoms with Crippen molar-refractivity contribution >= 4 is 23.2 Å². The molecule has 0 spiro atoms. The normalized spacial score (nSPS) is 9.92. The number of rotatable bonds is 3. The van der Waals surface area contributed by atoms with E-state index in [2.05, 4.69) is 0 Å². The fourth-order valence-corrected chi connectivity index (χ4v) is 1.27. The molecular formula is C9H10Cl2O. The van der Waals surface area contributed by atoms with E-state index in [-0.39, 0.29) is 0 Å². The van der Waals surface area contributed by atoms with Gasteiger partial charge >= 0.3 is 0 Å². The molecule has 1 nitrogen and oxygen atoms in total. The molecule has 0 aliphatic heterocycles. The van der Waals surface area contributed by atoms with E-state index in [9.17, 15) is 0 Å². The van der Waals surface area contributed by atoms with E-state index >= 15 is 0 Å². The molecule has 0 amide bonds. The van der Waals surface area contributed by atoms with Crippen molar-refractivity contribution in [2.75, 3.05) is 6.61 Å². The third-order valence-electron chi connectivity index (χ3n) is 1.36. The third-order valence-corrected chi connectivity index (χ3v) is 1.89. The number of hydrogen-bond acceptors (Lipinski definition) is 1. The first kappa shape index (κ1) is 9.69. The number of hydrogen-bond donors (Lipinski definition) is 0. The van der Waals surface area contributed by atoms with Crippen LogP contribution in [0.1, 0.15) is 13.3 Å². The standard InChI is InChI=1S/C9H10Cl2O/c1-2-5-12-9-4-3-7(10)6-8(9)11/h3-4,6H,2,5H2,1H3. The molecule has 0 bridgehead atoms. The van der Waals surface area contributed by atoms with E-state index in [1.807, 2.05) is 6.92 Å². The summed E-state index contributed by atoms with van der Waals surface area (Å²) < 4.78 is 5.35. The van der Waals surface area contributed by atoms with Gasteiger partial charge < -0.3 is 4.74 Å². The van der Waals surface area contributed by atoms with Gasteiger partial charge in [0.15, 0.2) is 0 Å². The van der Waals surface area contributed by atoms with Gasteiger partial charge in [0, 0.05) is 5.02 Å². The summed E-state index contributed by atoms with van der Waals surface area (Å²) in [5.41, 5.74) is 0. The predicted molar refractivity (Wildman–Crippen MR) is 52.2 cm³/mol. The van der Waals surface area contributed by atoms with Crippen molar-refractivity contribution in [2.24, 2.45) is 0 Å². The maximum atomic E-state index is 5.86. The van der Waals surface area contributed by atoms with Gasteiger partial charge in [-0.15, -0.1) is 0 Å². The molecule has 12 heavy (non-hydrogen) atoms. The van der Waals surface area contributed by atoms with Gasteiger partial charge in [-0.25, -0.2) is 0 Å². The van der Waals surface area contributed by atoms with E-state index < -0.39 is 0 Å². The lowest BCUT2D eigenvalue weighted by molar-refractivity contribution is 0.317. The topological polar surface area (TPSA) is 9.23 Å². The van der Waals surface area contributed by atoms with E-state index in [0.717, 1.165) is 6.42 Å². The van der Waals surface area contributed by atoms with Gasteiger partial charge in [0.05, 0.1) is 11.6 Å². The third kappa shape index (κ3) is 2.58. The molecule has 0 aliphatic rings. The van der Waals surface area contributed by atoms with Crippen LogP contribution in [0.15, 0.2) is 18.2 Å². The zero-order valence-electron chi connectivity index (χ0n) is 6.81. The zero-order valence-corrected chi connectivity index (χ0v) is 8.32. The zero-order chi connectivity index (χ0) is 8.97. The Hall–Kier alpha value is -0.400. The van der Waals surface area contributed by atoms with Crippen molar-refractivity contribution in [3.63, 3.8) is 0 Å². The summed E-state index contributed by atoms with van der Waals surface area (Å²) in [7, 11) is 0. The molecule has 0 radical (unpaired) electrons. The fourth-order valence-electron chi connectivity index (χ4n) is 0.804. The Morgan fingerprint density at radius 1 is 1.33 bits per heavy atom. The van der Waals surface area contributed by atoms with E-state index in [1.54, 1.807) is 18.2 Å². The molecule has 0 atom stereocenters. The largest absolute Gasteiger partial charge is 0.492 e. The number of halogens is 2. The summed E-state index contributed by atoms with van der Waals surface area (Å²) in [5.74, 6) is 0.697. The summed E-state index contributed by atoms with van der Waals surface area (Å²) >= 11 is 11.6. The molecule has 1 aromatic rings. The second-order valence-electron chi connectivity index (χ2n) is 2.42. The van der Waals surface area contributed by atoms with Crippen LogP contribution in [0.5, 0.6) is 5.75 Å². The minimum atomic E-state index is 0.566. The van der Waals surface area contributed by atoms with Crippen molar-refractivity contribution in [3.8, 4) is 5.75 Å². The highest BCUT2D eigenvalue weighted by molar-refractivity contribution is 6.35. The Kier molecular flexibility index (Phi) is 3.70. The van der Waals surface area contributed by atoms with E-state index in [1.165, 1.54) is 0 Å². The minimum absolute atomic E-state index is 0.566. The molecule has 3 heteroatoms. The number of ether oxygens (including phenoxy) is 1. The van der Waals surface area contributed by atoms with Crippen molar-refractivity contribution in [2.45, 2.75) is 13.3 Å². The maximum absolute atomic E-state index is 5.86. The van der Waals surface area contributed by atoms with Crippen molar-refractivity contribution in [1.29, 1.82) is 0 Å². The van der Waals surface area contributed by atoms with Crippen LogP contribution < -0.4 is 4.74 Å². The van der Waals surface area contributed by atoms with Crippen LogP contribution in [0.25, 0.3) is 0 Å². The highest BCUT2D eigenvalue weighted by Crippen LogP contribution is 2.27. The molecule has 0 saturated heterocycles. The van der Waals surface area contributed by atoms with Gasteiger partial charge in [0.25, 0.3) is 0 Å². The summed E-state index contributed by atoms with van der Waals surface area (Å²) in [6, 6.07) is 5.22. The molecule has 66 valence electrons. The maximum Gasteiger partial charge on any atom is 0.137 e. The van der Waals surface area contributed by atoms with E-state index in [4.69, 9.17) is 27.9 Å². The smallest absolute Gasteiger partial charge is 0.137 e. The Bertz CT molecular complexity index is 261. The van der Waals surface area contributed by atoms with Crippen molar-refractivity contribution in [1.82, 2.24) is 0 Å². The van der Waals surface area contributed by atoms with Crippen LogP contribution in [0, 0.1) is 0 Å².